The lowest BCUT2D eigenvalue weighted by atomic mass is 9.99. The molecule has 2 aliphatic rings. The molecule has 0 bridgehead atoms. The van der Waals surface area contributed by atoms with E-state index in [1.165, 1.54) is 6.07 Å². The van der Waals surface area contributed by atoms with Crippen molar-refractivity contribution in [2.24, 2.45) is 17.6 Å². The van der Waals surface area contributed by atoms with Gasteiger partial charge in [-0.05, 0) is 43.4 Å². The van der Waals surface area contributed by atoms with Crippen molar-refractivity contribution in [3.63, 3.8) is 0 Å². The van der Waals surface area contributed by atoms with Crippen LogP contribution in [0.3, 0.4) is 0 Å². The van der Waals surface area contributed by atoms with Crippen molar-refractivity contribution in [2.45, 2.75) is 38.0 Å². The molecule has 1 aliphatic carbocycles. The van der Waals surface area contributed by atoms with Crippen molar-refractivity contribution in [1.82, 2.24) is 4.90 Å². The first-order valence-corrected chi connectivity index (χ1v) is 7.49. The number of nitrogens with two attached hydrogens (primary N) is 1. The third kappa shape index (κ3) is 2.48. The molecule has 2 fully saturated rings. The molecule has 1 aliphatic heterocycles. The van der Waals surface area contributed by atoms with Crippen molar-refractivity contribution in [3.05, 3.63) is 35.6 Å². The summed E-state index contributed by atoms with van der Waals surface area (Å²) in [5.41, 5.74) is 7.10. The highest BCUT2D eigenvalue weighted by Crippen LogP contribution is 2.41. The maximum Gasteiger partial charge on any atom is 0.123 e. The lowest BCUT2D eigenvalue weighted by molar-refractivity contribution is 0.115. The molecule has 0 radical (unpaired) electrons. The van der Waals surface area contributed by atoms with Crippen molar-refractivity contribution < 1.29 is 9.50 Å². The van der Waals surface area contributed by atoms with Crippen LogP contribution in [0.15, 0.2) is 24.3 Å². The van der Waals surface area contributed by atoms with Gasteiger partial charge in [-0.15, -0.1) is 0 Å². The number of aliphatic hydroxyl groups is 1. The van der Waals surface area contributed by atoms with Crippen LogP contribution >= 0.6 is 0 Å². The largest absolute Gasteiger partial charge is 0.393 e. The number of nitrogens with zero attached hydrogens (tertiary/aromatic N) is 1. The Balaban J connectivity index is 1.82. The molecule has 110 valence electrons. The van der Waals surface area contributed by atoms with Crippen molar-refractivity contribution in [2.75, 3.05) is 13.1 Å². The highest BCUT2D eigenvalue weighted by Gasteiger charge is 2.44. The molecule has 1 aromatic rings. The summed E-state index contributed by atoms with van der Waals surface area (Å²) in [4.78, 5) is 2.33. The highest BCUT2D eigenvalue weighted by molar-refractivity contribution is 5.22. The van der Waals surface area contributed by atoms with Gasteiger partial charge in [0.25, 0.3) is 0 Å². The van der Waals surface area contributed by atoms with Crippen LogP contribution in [0.5, 0.6) is 0 Å². The van der Waals surface area contributed by atoms with E-state index in [4.69, 9.17) is 5.73 Å². The summed E-state index contributed by atoms with van der Waals surface area (Å²) in [6, 6.07) is 6.70. The topological polar surface area (TPSA) is 49.5 Å². The van der Waals surface area contributed by atoms with Crippen LogP contribution in [0.2, 0.25) is 0 Å². The number of hydrogen-bond donors (Lipinski definition) is 2. The average Bonchev–Trinajstić information content (AvgIpc) is 2.92. The van der Waals surface area contributed by atoms with Gasteiger partial charge in [-0.25, -0.2) is 4.39 Å². The van der Waals surface area contributed by atoms with E-state index in [0.29, 0.717) is 11.8 Å². The molecule has 1 saturated heterocycles. The summed E-state index contributed by atoms with van der Waals surface area (Å²) in [7, 11) is 0. The van der Waals surface area contributed by atoms with Gasteiger partial charge in [0.15, 0.2) is 0 Å². The van der Waals surface area contributed by atoms with Gasteiger partial charge in [-0.3, -0.25) is 4.90 Å². The molecule has 5 unspecified atom stereocenters. The van der Waals surface area contributed by atoms with E-state index in [1.54, 1.807) is 12.1 Å². The molecule has 3 N–H and O–H groups in total. The molecule has 1 saturated carbocycles. The second-order valence-corrected chi connectivity index (χ2v) is 6.38. The zero-order chi connectivity index (χ0) is 14.3. The molecular weight excluding hydrogens is 255 g/mol. The molecule has 4 heteroatoms. The molecule has 0 amide bonds. The summed E-state index contributed by atoms with van der Waals surface area (Å²) in [6.45, 7) is 3.80. The molecule has 3 nitrogen and oxygen atoms in total. The fourth-order valence-corrected chi connectivity index (χ4v) is 4.04. The highest BCUT2D eigenvalue weighted by atomic mass is 19.1. The predicted molar refractivity (Wildman–Crippen MR) is 76.6 cm³/mol. The van der Waals surface area contributed by atoms with E-state index in [-0.39, 0.29) is 24.0 Å². The zero-order valence-electron chi connectivity index (χ0n) is 11.9. The zero-order valence-corrected chi connectivity index (χ0v) is 11.9. The van der Waals surface area contributed by atoms with Crippen LogP contribution in [-0.4, -0.2) is 35.2 Å². The monoisotopic (exact) mass is 278 g/mol. The SMILES string of the molecule is CC(N)C(c1cccc(F)c1)N1CC2CCC(O)C2C1. The van der Waals surface area contributed by atoms with E-state index in [0.717, 1.165) is 31.5 Å². The fourth-order valence-electron chi connectivity index (χ4n) is 4.04. The first-order chi connectivity index (χ1) is 9.56. The minimum atomic E-state index is -0.215. The number of likely N-dealkylation sites (tertiary alicyclic amines) is 1. The van der Waals surface area contributed by atoms with E-state index < -0.39 is 0 Å². The van der Waals surface area contributed by atoms with Crippen LogP contribution in [0.1, 0.15) is 31.4 Å². The summed E-state index contributed by atoms with van der Waals surface area (Å²) in [5.74, 6) is 0.720. The van der Waals surface area contributed by atoms with Crippen molar-refractivity contribution in [3.8, 4) is 0 Å². The maximum absolute atomic E-state index is 13.5. The Kier molecular flexibility index (Phi) is 3.80. The number of fused-ring (bicyclic) bond motifs is 1. The van der Waals surface area contributed by atoms with Gasteiger partial charge in [-0.2, -0.15) is 0 Å². The van der Waals surface area contributed by atoms with Gasteiger partial charge in [0, 0.05) is 31.1 Å². The second-order valence-electron chi connectivity index (χ2n) is 6.38. The Labute approximate surface area is 119 Å². The maximum atomic E-state index is 13.5. The first-order valence-electron chi connectivity index (χ1n) is 7.49. The molecular formula is C16H23FN2O. The minimum absolute atomic E-state index is 0.0310. The summed E-state index contributed by atoms with van der Waals surface area (Å²) in [6.07, 6.45) is 1.84. The molecule has 5 atom stereocenters. The van der Waals surface area contributed by atoms with E-state index in [1.807, 2.05) is 13.0 Å². The van der Waals surface area contributed by atoms with Gasteiger partial charge < -0.3 is 10.8 Å². The van der Waals surface area contributed by atoms with E-state index in [2.05, 4.69) is 4.90 Å². The van der Waals surface area contributed by atoms with Gasteiger partial charge in [0.2, 0.25) is 0 Å². The number of rotatable bonds is 3. The molecule has 20 heavy (non-hydrogen) atoms. The van der Waals surface area contributed by atoms with Crippen molar-refractivity contribution >= 4 is 0 Å². The van der Waals surface area contributed by atoms with Crippen LogP contribution in [0.25, 0.3) is 0 Å². The van der Waals surface area contributed by atoms with Crippen LogP contribution in [0, 0.1) is 17.7 Å². The minimum Gasteiger partial charge on any atom is -0.393 e. The molecule has 0 spiro atoms. The number of benzene rings is 1. The number of aliphatic hydroxyl groups excluding tert-OH is 1. The first kappa shape index (κ1) is 14.0. The van der Waals surface area contributed by atoms with Crippen molar-refractivity contribution in [1.29, 1.82) is 0 Å². The molecule has 1 aromatic carbocycles. The smallest absolute Gasteiger partial charge is 0.123 e. The lowest BCUT2D eigenvalue weighted by Gasteiger charge is -2.32. The number of halogens is 1. The molecule has 3 rings (SSSR count). The Morgan fingerprint density at radius 3 is 2.80 bits per heavy atom. The van der Waals surface area contributed by atoms with Crippen LogP contribution in [-0.2, 0) is 0 Å². The Hall–Kier alpha value is -0.970. The Bertz CT molecular complexity index is 479. The van der Waals surface area contributed by atoms with Gasteiger partial charge in [0.1, 0.15) is 5.82 Å². The Morgan fingerprint density at radius 2 is 2.15 bits per heavy atom. The van der Waals surface area contributed by atoms with E-state index in [9.17, 15) is 9.50 Å². The molecule has 1 heterocycles. The number of hydrogen-bond acceptors (Lipinski definition) is 3. The van der Waals surface area contributed by atoms with Crippen LogP contribution in [0.4, 0.5) is 4.39 Å². The second kappa shape index (κ2) is 5.43. The quantitative estimate of drug-likeness (QED) is 0.888. The fraction of sp³-hybridized carbons (Fsp3) is 0.625. The van der Waals surface area contributed by atoms with Crippen LogP contribution < -0.4 is 5.73 Å². The summed E-state index contributed by atoms with van der Waals surface area (Å²) < 4.78 is 13.5. The Morgan fingerprint density at radius 1 is 1.35 bits per heavy atom. The summed E-state index contributed by atoms with van der Waals surface area (Å²) >= 11 is 0. The third-order valence-corrected chi connectivity index (χ3v) is 4.93. The molecule has 0 aromatic heterocycles. The van der Waals surface area contributed by atoms with Gasteiger partial charge in [0.05, 0.1) is 6.10 Å². The normalized spacial score (nSPS) is 33.1. The van der Waals surface area contributed by atoms with Gasteiger partial charge >= 0.3 is 0 Å². The van der Waals surface area contributed by atoms with E-state index >= 15 is 0 Å². The standard InChI is InChI=1S/C16H23FN2O/c1-10(18)16(11-3-2-4-13(17)7-11)19-8-12-5-6-15(20)14(12)9-19/h2-4,7,10,12,14-16,20H,5-6,8-9,18H2,1H3. The van der Waals surface area contributed by atoms with Gasteiger partial charge in [-0.1, -0.05) is 12.1 Å². The average molecular weight is 278 g/mol. The third-order valence-electron chi connectivity index (χ3n) is 4.93. The summed E-state index contributed by atoms with van der Waals surface area (Å²) in [5, 5.41) is 10.0. The lowest BCUT2D eigenvalue weighted by Crippen LogP contribution is -2.39. The predicted octanol–water partition coefficient (Wildman–Crippen LogP) is 1.92.